The van der Waals surface area contributed by atoms with E-state index in [2.05, 4.69) is 19.8 Å². The van der Waals surface area contributed by atoms with Crippen molar-refractivity contribution in [3.8, 4) is 5.75 Å². The smallest absolute Gasteiger partial charge is 0.387 e. The van der Waals surface area contributed by atoms with Gasteiger partial charge in [-0.3, -0.25) is 10.1 Å². The van der Waals surface area contributed by atoms with Gasteiger partial charge < -0.3 is 9.47 Å². The Labute approximate surface area is 127 Å². The van der Waals surface area contributed by atoms with Crippen molar-refractivity contribution in [2.45, 2.75) is 6.61 Å². The van der Waals surface area contributed by atoms with Crippen molar-refractivity contribution < 1.29 is 27.8 Å². The first kappa shape index (κ1) is 15.8. The van der Waals surface area contributed by atoms with Crippen LogP contribution in [0.3, 0.4) is 0 Å². The summed E-state index contributed by atoms with van der Waals surface area (Å²) >= 11 is 0.902. The molecule has 1 amide bonds. The van der Waals surface area contributed by atoms with Crippen LogP contribution in [0.25, 0.3) is 0 Å². The molecule has 1 N–H and O–H groups in total. The highest BCUT2D eigenvalue weighted by molar-refractivity contribution is 7.17. The zero-order chi connectivity index (χ0) is 16.1. The molecule has 0 spiro atoms. The average molecular weight is 328 g/mol. The van der Waals surface area contributed by atoms with E-state index in [4.69, 9.17) is 0 Å². The number of amides is 1. The minimum Gasteiger partial charge on any atom is -0.465 e. The van der Waals surface area contributed by atoms with Crippen LogP contribution in [-0.2, 0) is 4.74 Å². The number of nitrogens with one attached hydrogen (secondary N) is 1. The van der Waals surface area contributed by atoms with Crippen molar-refractivity contribution in [3.05, 3.63) is 40.9 Å². The number of aromatic nitrogens is 1. The predicted octanol–water partition coefficient (Wildman–Crippen LogP) is 2.78. The summed E-state index contributed by atoms with van der Waals surface area (Å²) in [6, 6.07) is 5.56. The SMILES string of the molecule is COC(=O)c1cnc(NC(=O)c2ccccc2OC(F)F)s1. The van der Waals surface area contributed by atoms with Crippen molar-refractivity contribution in [1.29, 1.82) is 0 Å². The first-order valence-electron chi connectivity index (χ1n) is 5.90. The summed E-state index contributed by atoms with van der Waals surface area (Å²) in [5, 5.41) is 2.54. The van der Waals surface area contributed by atoms with Crippen LogP contribution >= 0.6 is 11.3 Å². The summed E-state index contributed by atoms with van der Waals surface area (Å²) in [6.45, 7) is -3.04. The van der Waals surface area contributed by atoms with E-state index < -0.39 is 18.5 Å². The summed E-state index contributed by atoms with van der Waals surface area (Å²) in [5.74, 6) is -1.51. The minimum atomic E-state index is -3.04. The highest BCUT2D eigenvalue weighted by Gasteiger charge is 2.17. The third-order valence-corrected chi connectivity index (χ3v) is 3.35. The van der Waals surface area contributed by atoms with Gasteiger partial charge in [0.1, 0.15) is 10.6 Å². The molecule has 6 nitrogen and oxygen atoms in total. The van der Waals surface area contributed by atoms with E-state index in [-0.39, 0.29) is 21.3 Å². The van der Waals surface area contributed by atoms with E-state index >= 15 is 0 Å². The number of carbonyl (C=O) groups excluding carboxylic acids is 2. The molecule has 0 unspecified atom stereocenters. The maximum Gasteiger partial charge on any atom is 0.387 e. The second kappa shape index (κ2) is 6.94. The Bertz CT molecular complexity index is 690. The van der Waals surface area contributed by atoms with Gasteiger partial charge in [0.15, 0.2) is 5.13 Å². The Balaban J connectivity index is 2.15. The van der Waals surface area contributed by atoms with Crippen molar-refractivity contribution in [1.82, 2.24) is 4.98 Å². The molecular weight excluding hydrogens is 318 g/mol. The van der Waals surface area contributed by atoms with Crippen molar-refractivity contribution in [3.63, 3.8) is 0 Å². The molecule has 0 fully saturated rings. The van der Waals surface area contributed by atoms with Gasteiger partial charge in [-0.2, -0.15) is 8.78 Å². The number of thiazole rings is 1. The number of hydrogen-bond acceptors (Lipinski definition) is 6. The summed E-state index contributed by atoms with van der Waals surface area (Å²) in [4.78, 5) is 27.4. The highest BCUT2D eigenvalue weighted by Crippen LogP contribution is 2.23. The zero-order valence-electron chi connectivity index (χ0n) is 11.2. The molecule has 0 saturated carbocycles. The van der Waals surface area contributed by atoms with E-state index in [1.165, 1.54) is 37.6 Å². The number of benzene rings is 1. The van der Waals surface area contributed by atoms with E-state index in [0.717, 1.165) is 11.3 Å². The molecule has 0 aliphatic rings. The van der Waals surface area contributed by atoms with Crippen LogP contribution < -0.4 is 10.1 Å². The van der Waals surface area contributed by atoms with Gasteiger partial charge in [0.25, 0.3) is 5.91 Å². The topological polar surface area (TPSA) is 77.5 Å². The largest absolute Gasteiger partial charge is 0.465 e. The van der Waals surface area contributed by atoms with Gasteiger partial charge in [-0.05, 0) is 12.1 Å². The summed E-state index contributed by atoms with van der Waals surface area (Å²) in [6.07, 6.45) is 1.24. The molecule has 22 heavy (non-hydrogen) atoms. The maximum absolute atomic E-state index is 12.3. The molecule has 0 atom stereocenters. The molecule has 2 rings (SSSR count). The normalized spacial score (nSPS) is 10.4. The Morgan fingerprint density at radius 1 is 1.32 bits per heavy atom. The fourth-order valence-corrected chi connectivity index (χ4v) is 2.27. The highest BCUT2D eigenvalue weighted by atomic mass is 32.1. The molecule has 1 aromatic heterocycles. The number of ether oxygens (including phenoxy) is 2. The van der Waals surface area contributed by atoms with Gasteiger partial charge in [-0.15, -0.1) is 0 Å². The van der Waals surface area contributed by atoms with Gasteiger partial charge in [0, 0.05) is 0 Å². The molecule has 0 aliphatic heterocycles. The van der Waals surface area contributed by atoms with Gasteiger partial charge in [-0.25, -0.2) is 9.78 Å². The zero-order valence-corrected chi connectivity index (χ0v) is 12.0. The van der Waals surface area contributed by atoms with Crippen molar-refractivity contribution in [2.24, 2.45) is 0 Å². The van der Waals surface area contributed by atoms with Gasteiger partial charge >= 0.3 is 12.6 Å². The number of methoxy groups -OCH3 is 1. The third-order valence-electron chi connectivity index (χ3n) is 2.46. The maximum atomic E-state index is 12.3. The fourth-order valence-electron chi connectivity index (χ4n) is 1.54. The second-order valence-electron chi connectivity index (χ2n) is 3.85. The molecule has 1 heterocycles. The average Bonchev–Trinajstić information content (AvgIpc) is 2.94. The number of anilines is 1. The number of hydrogen-bond donors (Lipinski definition) is 1. The molecule has 0 bridgehead atoms. The van der Waals surface area contributed by atoms with Gasteiger partial charge in [0.2, 0.25) is 0 Å². The lowest BCUT2D eigenvalue weighted by atomic mass is 10.2. The first-order valence-corrected chi connectivity index (χ1v) is 6.72. The monoisotopic (exact) mass is 328 g/mol. The Morgan fingerprint density at radius 2 is 2.05 bits per heavy atom. The molecule has 9 heteroatoms. The fraction of sp³-hybridized carbons (Fsp3) is 0.154. The standard InChI is InChI=1S/C13H10F2N2O4S/c1-20-11(19)9-6-16-13(22-9)17-10(18)7-4-2-3-5-8(7)21-12(14)15/h2-6,12H,1H3,(H,16,17,18). The van der Waals surface area contributed by atoms with Crippen LogP contribution in [0.15, 0.2) is 30.5 Å². The number of para-hydroxylation sites is 1. The molecule has 1 aromatic carbocycles. The van der Waals surface area contributed by atoms with Crippen LogP contribution in [0.4, 0.5) is 13.9 Å². The Kier molecular flexibility index (Phi) is 4.99. The van der Waals surface area contributed by atoms with Crippen LogP contribution in [0, 0.1) is 0 Å². The lowest BCUT2D eigenvalue weighted by Crippen LogP contribution is -2.14. The lowest BCUT2D eigenvalue weighted by molar-refractivity contribution is -0.0501. The number of rotatable bonds is 5. The van der Waals surface area contributed by atoms with Crippen LogP contribution in [0.1, 0.15) is 20.0 Å². The first-order chi connectivity index (χ1) is 10.5. The quantitative estimate of drug-likeness (QED) is 0.854. The molecule has 0 aliphatic carbocycles. The van der Waals surface area contributed by atoms with Crippen LogP contribution in [0.2, 0.25) is 0 Å². The van der Waals surface area contributed by atoms with E-state index in [1.54, 1.807) is 0 Å². The van der Waals surface area contributed by atoms with Crippen molar-refractivity contribution >= 4 is 28.3 Å². The molecule has 116 valence electrons. The number of nitrogens with zero attached hydrogens (tertiary/aromatic N) is 1. The van der Waals surface area contributed by atoms with E-state index in [9.17, 15) is 18.4 Å². The molecule has 2 aromatic rings. The van der Waals surface area contributed by atoms with Crippen molar-refractivity contribution in [2.75, 3.05) is 12.4 Å². The van der Waals surface area contributed by atoms with E-state index in [1.807, 2.05) is 0 Å². The number of alkyl halides is 2. The minimum absolute atomic E-state index is 0.0716. The number of halogens is 2. The summed E-state index contributed by atoms with van der Waals surface area (Å²) in [7, 11) is 1.22. The number of carbonyl (C=O) groups is 2. The summed E-state index contributed by atoms with van der Waals surface area (Å²) in [5.41, 5.74) is -0.0716. The van der Waals surface area contributed by atoms with Crippen LogP contribution in [-0.4, -0.2) is 30.6 Å². The second-order valence-corrected chi connectivity index (χ2v) is 4.88. The Morgan fingerprint density at radius 3 is 2.73 bits per heavy atom. The van der Waals surface area contributed by atoms with Gasteiger partial charge in [0.05, 0.1) is 18.9 Å². The van der Waals surface area contributed by atoms with Crippen LogP contribution in [0.5, 0.6) is 5.75 Å². The van der Waals surface area contributed by atoms with Gasteiger partial charge in [-0.1, -0.05) is 23.5 Å². The summed E-state index contributed by atoms with van der Waals surface area (Å²) < 4.78 is 33.4. The number of esters is 1. The van der Waals surface area contributed by atoms with E-state index in [0.29, 0.717) is 0 Å². The molecular formula is C13H10F2N2O4S. The predicted molar refractivity (Wildman–Crippen MR) is 74.5 cm³/mol. The lowest BCUT2D eigenvalue weighted by Gasteiger charge is -2.09. The Hall–Kier alpha value is -2.55. The third kappa shape index (κ3) is 3.76. The molecule has 0 saturated heterocycles. The molecule has 0 radical (unpaired) electrons.